The van der Waals surface area contributed by atoms with Crippen molar-refractivity contribution in [2.75, 3.05) is 9.80 Å². The van der Waals surface area contributed by atoms with Gasteiger partial charge in [0.05, 0.1) is 22.1 Å². The summed E-state index contributed by atoms with van der Waals surface area (Å²) >= 11 is 1.88. The normalized spacial score (nSPS) is 11.5. The molecule has 0 atom stereocenters. The summed E-state index contributed by atoms with van der Waals surface area (Å²) in [4.78, 5) is 4.72. The number of nitrogens with zero attached hydrogens (tertiary/aromatic N) is 4. The van der Waals surface area contributed by atoms with Crippen LogP contribution in [0.25, 0.3) is 186 Å². The minimum atomic E-state index is 0.903. The molecule has 0 amide bonds. The summed E-state index contributed by atoms with van der Waals surface area (Å²) in [6, 6.07) is 172. The number of furan rings is 1. The third kappa shape index (κ3) is 14.2. The van der Waals surface area contributed by atoms with E-state index in [1.54, 1.807) is 0 Å². The highest BCUT2D eigenvalue weighted by molar-refractivity contribution is 7.26. The minimum Gasteiger partial charge on any atom is -0.455 e. The Bertz CT molecular complexity index is 7760. The maximum absolute atomic E-state index is 6.44. The molecule has 4 aromatic heterocycles. The topological polar surface area (TPSA) is 29.5 Å². The van der Waals surface area contributed by atoms with Gasteiger partial charge in [-0.25, -0.2) is 0 Å². The van der Waals surface area contributed by atoms with Gasteiger partial charge in [0.25, 0.3) is 0 Å². The average Bonchev–Trinajstić information content (AvgIpc) is 1.58. The Morgan fingerprint density at radius 2 is 0.508 bits per heavy atom. The molecule has 604 valence electrons. The van der Waals surface area contributed by atoms with Gasteiger partial charge in [0, 0.05) is 104 Å². The van der Waals surface area contributed by atoms with Crippen molar-refractivity contribution in [3.63, 3.8) is 0 Å². The van der Waals surface area contributed by atoms with E-state index in [0.717, 1.165) is 67.2 Å². The van der Waals surface area contributed by atoms with Crippen LogP contribution in [0.2, 0.25) is 0 Å². The highest BCUT2D eigenvalue weighted by atomic mass is 32.1. The van der Waals surface area contributed by atoms with Crippen molar-refractivity contribution in [1.82, 2.24) is 9.13 Å². The van der Waals surface area contributed by atoms with Crippen LogP contribution >= 0.6 is 11.3 Å². The first kappa shape index (κ1) is 76.5. The Kier molecular flexibility index (Phi) is 19.5. The summed E-state index contributed by atoms with van der Waals surface area (Å²) < 4.78 is 13.8. The molecule has 0 saturated heterocycles. The van der Waals surface area contributed by atoms with Crippen LogP contribution in [-0.2, 0) is 0 Å². The molecule has 0 aliphatic rings. The molecule has 0 aliphatic heterocycles. The maximum Gasteiger partial charge on any atom is 0.143 e. The molecule has 0 bridgehead atoms. The molecule has 0 radical (unpaired) electrons. The van der Waals surface area contributed by atoms with Gasteiger partial charge in [0.15, 0.2) is 0 Å². The molecular weight excluding hydrogens is 1570 g/mol. The van der Waals surface area contributed by atoms with Crippen LogP contribution in [0.3, 0.4) is 0 Å². The van der Waals surface area contributed by atoms with Crippen LogP contribution < -0.4 is 9.80 Å². The lowest BCUT2D eigenvalue weighted by molar-refractivity contribution is 0.670. The monoisotopic (exact) mass is 1650 g/mol. The summed E-state index contributed by atoms with van der Waals surface area (Å²) in [7, 11) is 0. The molecule has 24 rings (SSSR count). The molecular formula is C122H84N4OS. The van der Waals surface area contributed by atoms with E-state index < -0.39 is 0 Å². The van der Waals surface area contributed by atoms with Crippen molar-refractivity contribution in [3.05, 3.63) is 484 Å². The maximum atomic E-state index is 6.44. The number of thiophene rings is 1. The second-order valence-corrected chi connectivity index (χ2v) is 34.3. The van der Waals surface area contributed by atoms with E-state index >= 15 is 0 Å². The smallest absolute Gasteiger partial charge is 0.143 e. The van der Waals surface area contributed by atoms with Crippen LogP contribution in [0.4, 0.5) is 34.1 Å². The molecule has 0 aliphatic carbocycles. The number of anilines is 6. The number of fused-ring (bicyclic) bond motifs is 12. The first-order chi connectivity index (χ1) is 63.2. The van der Waals surface area contributed by atoms with Gasteiger partial charge in [-0.1, -0.05) is 327 Å². The molecule has 20 aromatic carbocycles. The van der Waals surface area contributed by atoms with E-state index in [1.807, 2.05) is 23.5 Å². The van der Waals surface area contributed by atoms with Gasteiger partial charge >= 0.3 is 0 Å². The third-order valence-electron chi connectivity index (χ3n) is 25.4. The minimum absolute atomic E-state index is 0.903. The summed E-state index contributed by atoms with van der Waals surface area (Å²) in [5.41, 5.74) is 37.0. The second kappa shape index (κ2) is 32.7. The first-order valence-electron chi connectivity index (χ1n) is 43.8. The molecule has 0 N–H and O–H groups in total. The highest BCUT2D eigenvalue weighted by Gasteiger charge is 2.22. The third-order valence-corrected chi connectivity index (χ3v) is 26.6. The number of hydrogen-bond acceptors (Lipinski definition) is 4. The standard InChI is InChI=1S/C61H42N2O.C61H42N2S/c2*1-41-21-30-52(31-22-41)63-58-19-7-5-15-54(58)57-40-48(29-38-59(57)63)44-25-34-50(35-26-44)62(49-32-23-43(24-33-49)47-14-9-13-46(39-47)42-11-3-2-4-12-42)51-36-27-45(28-37-51)53-17-10-18-56-55-16-6-8-20-60(55)64-61(53)56/h2*2-40H,1H3. The Morgan fingerprint density at radius 1 is 0.203 bits per heavy atom. The van der Waals surface area contributed by atoms with Gasteiger partial charge in [0.2, 0.25) is 0 Å². The second-order valence-electron chi connectivity index (χ2n) is 33.2. The number of para-hydroxylation sites is 4. The SMILES string of the molecule is Cc1ccc(-n2c3ccccc3c3cc(-c4ccc(N(c5ccc(-c6cccc(-c7ccccc7)c6)cc5)c5ccc(-c6cccc7c6oc6ccccc67)cc5)cc4)ccc32)cc1.Cc1ccc(-n2c3ccccc3c3cc(-c4ccc(N(c5ccc(-c6cccc(-c7ccccc7)c6)cc5)c5ccc(-c6cccc7c6sc6ccccc67)cc5)cc4)ccc32)cc1. The summed E-state index contributed by atoms with van der Waals surface area (Å²) in [6.45, 7) is 4.27. The van der Waals surface area contributed by atoms with Gasteiger partial charge < -0.3 is 23.4 Å². The summed E-state index contributed by atoms with van der Waals surface area (Å²) in [6.07, 6.45) is 0. The van der Waals surface area contributed by atoms with Gasteiger partial charge in [-0.3, -0.25) is 0 Å². The average molecular weight is 1650 g/mol. The fraction of sp³-hybridized carbons (Fsp3) is 0.0164. The molecule has 0 fully saturated rings. The van der Waals surface area contributed by atoms with Crippen molar-refractivity contribution in [3.8, 4) is 100 Å². The van der Waals surface area contributed by atoms with Crippen molar-refractivity contribution in [2.45, 2.75) is 13.8 Å². The molecule has 0 saturated carbocycles. The molecule has 0 unspecified atom stereocenters. The predicted octanol–water partition coefficient (Wildman–Crippen LogP) is 34.7. The number of aryl methyl sites for hydroxylation is 2. The van der Waals surface area contributed by atoms with Crippen molar-refractivity contribution < 1.29 is 4.42 Å². The quantitative estimate of drug-likeness (QED) is 0.0966. The van der Waals surface area contributed by atoms with Crippen LogP contribution in [0.1, 0.15) is 11.1 Å². The van der Waals surface area contributed by atoms with Crippen LogP contribution in [0.15, 0.2) is 478 Å². The molecule has 24 aromatic rings. The van der Waals surface area contributed by atoms with E-state index in [4.69, 9.17) is 4.42 Å². The number of hydrogen-bond donors (Lipinski definition) is 0. The Labute approximate surface area is 747 Å². The van der Waals surface area contributed by atoms with Crippen LogP contribution in [0.5, 0.6) is 0 Å². The lowest BCUT2D eigenvalue weighted by Gasteiger charge is -2.26. The van der Waals surface area contributed by atoms with E-state index in [-0.39, 0.29) is 0 Å². The number of aromatic nitrogens is 2. The zero-order valence-corrected chi connectivity index (χ0v) is 71.5. The molecule has 4 heterocycles. The predicted molar refractivity (Wildman–Crippen MR) is 544 cm³/mol. The lowest BCUT2D eigenvalue weighted by Crippen LogP contribution is -2.09. The number of rotatable bonds is 16. The van der Waals surface area contributed by atoms with E-state index in [0.29, 0.717) is 0 Å². The van der Waals surface area contributed by atoms with Gasteiger partial charge in [0.1, 0.15) is 11.2 Å². The molecule has 6 heteroatoms. The summed E-state index contributed by atoms with van der Waals surface area (Å²) in [5, 5.41) is 9.89. The Balaban J connectivity index is 0.000000146. The zero-order valence-electron chi connectivity index (χ0n) is 70.6. The van der Waals surface area contributed by atoms with E-state index in [2.05, 4.69) is 494 Å². The summed E-state index contributed by atoms with van der Waals surface area (Å²) in [5.74, 6) is 0. The molecule has 128 heavy (non-hydrogen) atoms. The van der Waals surface area contributed by atoms with E-state index in [1.165, 1.54) is 164 Å². The fourth-order valence-corrected chi connectivity index (χ4v) is 20.1. The fourth-order valence-electron chi connectivity index (χ4n) is 18.9. The molecule has 0 spiro atoms. The Hall–Kier alpha value is -16.4. The lowest BCUT2D eigenvalue weighted by atomic mass is 9.98. The van der Waals surface area contributed by atoms with Crippen LogP contribution in [-0.4, -0.2) is 9.13 Å². The van der Waals surface area contributed by atoms with Crippen molar-refractivity contribution in [1.29, 1.82) is 0 Å². The zero-order chi connectivity index (χ0) is 85.1. The van der Waals surface area contributed by atoms with Gasteiger partial charge in [-0.15, -0.1) is 11.3 Å². The molecule has 5 nitrogen and oxygen atoms in total. The first-order valence-corrected chi connectivity index (χ1v) is 44.6. The van der Waals surface area contributed by atoms with Crippen molar-refractivity contribution in [2.24, 2.45) is 0 Å². The van der Waals surface area contributed by atoms with Gasteiger partial charge in [-0.05, 0) is 255 Å². The van der Waals surface area contributed by atoms with E-state index in [9.17, 15) is 0 Å². The van der Waals surface area contributed by atoms with Crippen LogP contribution in [0, 0.1) is 13.8 Å². The number of benzene rings is 20. The van der Waals surface area contributed by atoms with Crippen molar-refractivity contribution >= 4 is 131 Å². The largest absolute Gasteiger partial charge is 0.455 e. The highest BCUT2D eigenvalue weighted by Crippen LogP contribution is 2.47. The van der Waals surface area contributed by atoms with Gasteiger partial charge in [-0.2, -0.15) is 0 Å². The Morgan fingerprint density at radius 3 is 0.945 bits per heavy atom.